The number of hydrogen-bond acceptors (Lipinski definition) is 4. The number of nitrogens with zero attached hydrogens (tertiary/aromatic N) is 4. The molecule has 3 aromatic rings. The maximum Gasteiger partial charge on any atom is 0.123 e. The first-order chi connectivity index (χ1) is 9.83. The van der Waals surface area contributed by atoms with Crippen LogP contribution in [0.5, 0.6) is 0 Å². The molecule has 0 saturated heterocycles. The predicted octanol–water partition coefficient (Wildman–Crippen LogP) is 2.84. The number of pyridine rings is 1. The van der Waals surface area contributed by atoms with Crippen molar-refractivity contribution < 1.29 is 0 Å². The number of benzene rings is 1. The first-order valence-corrected chi connectivity index (χ1v) is 6.44. The lowest BCUT2D eigenvalue weighted by molar-refractivity contribution is 0.875. The average molecular weight is 265 g/mol. The molecule has 3 rings (SSSR count). The maximum absolute atomic E-state index is 4.14. The van der Waals surface area contributed by atoms with Crippen LogP contribution in [0.25, 0.3) is 5.69 Å². The molecule has 1 N–H and O–H groups in total. The fourth-order valence-electron chi connectivity index (χ4n) is 2.06. The summed E-state index contributed by atoms with van der Waals surface area (Å²) in [4.78, 5) is 4.14. The number of nitrogens with one attached hydrogen (secondary N) is 1. The molecular formula is C15H15N5. The largest absolute Gasteiger partial charge is 0.378 e. The molecule has 20 heavy (non-hydrogen) atoms. The van der Waals surface area contributed by atoms with Gasteiger partial charge in [0.05, 0.1) is 11.7 Å². The normalized spacial score (nSPS) is 12.1. The zero-order chi connectivity index (χ0) is 13.8. The molecule has 1 unspecified atom stereocenters. The first kappa shape index (κ1) is 12.3. The molecule has 0 radical (unpaired) electrons. The molecule has 1 aromatic carbocycles. The Labute approximate surface area is 117 Å². The SMILES string of the molecule is CC(Nc1cccc(-n2cnnc2)c1)c1cccnc1. The number of anilines is 1. The van der Waals surface area contributed by atoms with Gasteiger partial charge in [-0.15, -0.1) is 10.2 Å². The van der Waals surface area contributed by atoms with E-state index in [-0.39, 0.29) is 6.04 Å². The van der Waals surface area contributed by atoms with Gasteiger partial charge in [0, 0.05) is 18.1 Å². The molecular weight excluding hydrogens is 250 g/mol. The minimum atomic E-state index is 0.194. The molecule has 0 saturated carbocycles. The van der Waals surface area contributed by atoms with Crippen molar-refractivity contribution in [2.24, 2.45) is 0 Å². The molecule has 0 bridgehead atoms. The Morgan fingerprint density at radius 2 is 1.95 bits per heavy atom. The molecule has 0 aliphatic carbocycles. The molecule has 0 spiro atoms. The highest BCUT2D eigenvalue weighted by Crippen LogP contribution is 2.20. The van der Waals surface area contributed by atoms with Gasteiger partial charge in [0.25, 0.3) is 0 Å². The summed E-state index contributed by atoms with van der Waals surface area (Å²) in [6, 6.07) is 12.3. The minimum absolute atomic E-state index is 0.194. The maximum atomic E-state index is 4.14. The lowest BCUT2D eigenvalue weighted by atomic mass is 10.1. The standard InChI is InChI=1S/C15H15N5/c1-12(13-4-3-7-16-9-13)19-14-5-2-6-15(8-14)20-10-17-18-11-20/h2-12,19H,1H3. The van der Waals surface area contributed by atoms with Gasteiger partial charge in [-0.3, -0.25) is 9.55 Å². The van der Waals surface area contributed by atoms with Crippen molar-refractivity contribution in [3.05, 3.63) is 67.0 Å². The van der Waals surface area contributed by atoms with Crippen LogP contribution in [0.3, 0.4) is 0 Å². The third kappa shape index (κ3) is 2.66. The third-order valence-electron chi connectivity index (χ3n) is 3.13. The van der Waals surface area contributed by atoms with Crippen LogP contribution in [-0.4, -0.2) is 19.7 Å². The van der Waals surface area contributed by atoms with E-state index < -0.39 is 0 Å². The van der Waals surface area contributed by atoms with Crippen molar-refractivity contribution >= 4 is 5.69 Å². The third-order valence-corrected chi connectivity index (χ3v) is 3.13. The zero-order valence-corrected chi connectivity index (χ0v) is 11.1. The van der Waals surface area contributed by atoms with Crippen LogP contribution in [0.15, 0.2) is 61.4 Å². The molecule has 100 valence electrons. The summed E-state index contributed by atoms with van der Waals surface area (Å²) in [5.74, 6) is 0. The Bertz CT molecular complexity index is 664. The van der Waals surface area contributed by atoms with Crippen LogP contribution in [-0.2, 0) is 0 Å². The van der Waals surface area contributed by atoms with Crippen LogP contribution >= 0.6 is 0 Å². The van der Waals surface area contributed by atoms with Gasteiger partial charge in [-0.1, -0.05) is 12.1 Å². The monoisotopic (exact) mass is 265 g/mol. The summed E-state index contributed by atoms with van der Waals surface area (Å²) in [5.41, 5.74) is 3.23. The van der Waals surface area contributed by atoms with Crippen molar-refractivity contribution in [1.29, 1.82) is 0 Å². The van der Waals surface area contributed by atoms with E-state index >= 15 is 0 Å². The number of hydrogen-bond donors (Lipinski definition) is 1. The molecule has 5 nitrogen and oxygen atoms in total. The predicted molar refractivity (Wildman–Crippen MR) is 77.6 cm³/mol. The second-order valence-corrected chi connectivity index (χ2v) is 4.57. The van der Waals surface area contributed by atoms with Gasteiger partial charge in [-0.05, 0) is 36.8 Å². The van der Waals surface area contributed by atoms with Crippen molar-refractivity contribution in [3.8, 4) is 5.69 Å². The van der Waals surface area contributed by atoms with Gasteiger partial charge in [-0.25, -0.2) is 0 Å². The fourth-order valence-corrected chi connectivity index (χ4v) is 2.06. The van der Waals surface area contributed by atoms with E-state index in [1.165, 1.54) is 0 Å². The Balaban J connectivity index is 1.80. The summed E-state index contributed by atoms with van der Waals surface area (Å²) in [6.45, 7) is 2.11. The van der Waals surface area contributed by atoms with E-state index in [4.69, 9.17) is 0 Å². The van der Waals surface area contributed by atoms with Crippen molar-refractivity contribution in [2.45, 2.75) is 13.0 Å². The van der Waals surface area contributed by atoms with Gasteiger partial charge < -0.3 is 5.32 Å². The quantitative estimate of drug-likeness (QED) is 0.788. The highest BCUT2D eigenvalue weighted by molar-refractivity contribution is 5.52. The average Bonchev–Trinajstić information content (AvgIpc) is 3.03. The first-order valence-electron chi connectivity index (χ1n) is 6.44. The Morgan fingerprint density at radius 1 is 1.10 bits per heavy atom. The van der Waals surface area contributed by atoms with E-state index in [9.17, 15) is 0 Å². The number of rotatable bonds is 4. The highest BCUT2D eigenvalue weighted by atomic mass is 15.2. The van der Waals surface area contributed by atoms with Gasteiger partial charge in [-0.2, -0.15) is 0 Å². The van der Waals surface area contributed by atoms with Crippen molar-refractivity contribution in [2.75, 3.05) is 5.32 Å². The molecule has 0 amide bonds. The van der Waals surface area contributed by atoms with Gasteiger partial charge >= 0.3 is 0 Å². The van der Waals surface area contributed by atoms with E-state index in [0.717, 1.165) is 16.9 Å². The Morgan fingerprint density at radius 3 is 2.70 bits per heavy atom. The smallest absolute Gasteiger partial charge is 0.123 e. The van der Waals surface area contributed by atoms with Crippen molar-refractivity contribution in [3.63, 3.8) is 0 Å². The van der Waals surface area contributed by atoms with E-state index in [1.54, 1.807) is 18.9 Å². The Hall–Kier alpha value is -2.69. The van der Waals surface area contributed by atoms with Crippen LogP contribution < -0.4 is 5.32 Å². The summed E-state index contributed by atoms with van der Waals surface area (Å²) in [5, 5.41) is 11.1. The molecule has 0 aliphatic heterocycles. The summed E-state index contributed by atoms with van der Waals surface area (Å²) < 4.78 is 1.87. The van der Waals surface area contributed by atoms with E-state index in [2.05, 4.69) is 39.6 Å². The van der Waals surface area contributed by atoms with E-state index in [0.29, 0.717) is 0 Å². The molecule has 0 fully saturated rings. The second kappa shape index (κ2) is 5.52. The van der Waals surface area contributed by atoms with Crippen LogP contribution in [0.2, 0.25) is 0 Å². The molecule has 2 heterocycles. The fraction of sp³-hybridized carbons (Fsp3) is 0.133. The van der Waals surface area contributed by atoms with Crippen LogP contribution in [0.4, 0.5) is 5.69 Å². The van der Waals surface area contributed by atoms with Crippen molar-refractivity contribution in [1.82, 2.24) is 19.7 Å². The van der Waals surface area contributed by atoms with Crippen LogP contribution in [0, 0.1) is 0 Å². The minimum Gasteiger partial charge on any atom is -0.378 e. The van der Waals surface area contributed by atoms with Crippen LogP contribution in [0.1, 0.15) is 18.5 Å². The molecule has 0 aliphatic rings. The lowest BCUT2D eigenvalue weighted by Crippen LogP contribution is -2.07. The summed E-state index contributed by atoms with van der Waals surface area (Å²) >= 11 is 0. The summed E-state index contributed by atoms with van der Waals surface area (Å²) in [6.07, 6.45) is 7.03. The number of aromatic nitrogens is 4. The molecule has 5 heteroatoms. The van der Waals surface area contributed by atoms with Gasteiger partial charge in [0.15, 0.2) is 0 Å². The van der Waals surface area contributed by atoms with E-state index in [1.807, 2.05) is 35.0 Å². The summed E-state index contributed by atoms with van der Waals surface area (Å²) in [7, 11) is 0. The second-order valence-electron chi connectivity index (χ2n) is 4.57. The lowest BCUT2D eigenvalue weighted by Gasteiger charge is -2.16. The molecule has 1 atom stereocenters. The zero-order valence-electron chi connectivity index (χ0n) is 11.1. The Kier molecular flexibility index (Phi) is 3.41. The molecule has 2 aromatic heterocycles. The highest BCUT2D eigenvalue weighted by Gasteiger charge is 2.05. The van der Waals surface area contributed by atoms with Gasteiger partial charge in [0.1, 0.15) is 12.7 Å². The topological polar surface area (TPSA) is 55.6 Å². The van der Waals surface area contributed by atoms with Gasteiger partial charge in [0.2, 0.25) is 0 Å².